The minimum Gasteiger partial charge on any atom is -0.465 e. The molecule has 0 amide bonds. The van der Waals surface area contributed by atoms with Crippen LogP contribution in [0, 0.1) is 0 Å². The lowest BCUT2D eigenvalue weighted by Crippen LogP contribution is -1.99. The van der Waals surface area contributed by atoms with Gasteiger partial charge in [-0.25, -0.2) is 4.79 Å². The smallest absolute Gasteiger partial charge is 0.338 e. The molecule has 19 heavy (non-hydrogen) atoms. The lowest BCUT2D eigenvalue weighted by atomic mass is 10.1. The van der Waals surface area contributed by atoms with Gasteiger partial charge in [-0.1, -0.05) is 35.5 Å². The molecule has 2 aliphatic rings. The van der Waals surface area contributed by atoms with Crippen molar-refractivity contribution in [3.63, 3.8) is 0 Å². The van der Waals surface area contributed by atoms with Crippen LogP contribution >= 0.6 is 0 Å². The fraction of sp³-hybridized carbons (Fsp3) is 0.0667. The Hall–Kier alpha value is -2.62. The number of esters is 1. The first-order valence-electron chi connectivity index (χ1n) is 5.82. The van der Waals surface area contributed by atoms with E-state index in [0.717, 1.165) is 16.7 Å². The predicted molar refractivity (Wildman–Crippen MR) is 69.9 cm³/mol. The van der Waals surface area contributed by atoms with Gasteiger partial charge in [-0.15, -0.1) is 0 Å². The molecule has 0 bridgehead atoms. The largest absolute Gasteiger partial charge is 0.465 e. The van der Waals surface area contributed by atoms with E-state index in [9.17, 15) is 4.79 Å². The van der Waals surface area contributed by atoms with Crippen molar-refractivity contribution in [3.8, 4) is 22.4 Å². The number of nitrogens with zero attached hydrogens (tertiary/aromatic N) is 1. The van der Waals surface area contributed by atoms with Crippen LogP contribution in [0.15, 0.2) is 53.3 Å². The van der Waals surface area contributed by atoms with Gasteiger partial charge in [0.25, 0.3) is 0 Å². The number of methoxy groups -OCH3 is 1. The zero-order chi connectivity index (χ0) is 13.2. The molecular formula is C15H11NO3. The molecule has 0 radical (unpaired) electrons. The topological polar surface area (TPSA) is 52.3 Å². The average Bonchev–Trinajstić information content (AvgIpc) is 3.00. The number of aromatic nitrogens is 1. The summed E-state index contributed by atoms with van der Waals surface area (Å²) >= 11 is 0. The Morgan fingerprint density at radius 3 is 2.58 bits per heavy atom. The lowest BCUT2D eigenvalue weighted by molar-refractivity contribution is 0.0602. The van der Waals surface area contributed by atoms with Gasteiger partial charge in [0.05, 0.1) is 12.7 Å². The summed E-state index contributed by atoms with van der Waals surface area (Å²) in [5.41, 5.74) is 3.88. The summed E-state index contributed by atoms with van der Waals surface area (Å²) in [6.07, 6.45) is 1.51. The van der Waals surface area contributed by atoms with Crippen molar-refractivity contribution < 1.29 is 14.1 Å². The van der Waals surface area contributed by atoms with Crippen LogP contribution in [0.1, 0.15) is 10.4 Å². The van der Waals surface area contributed by atoms with E-state index in [4.69, 9.17) is 9.26 Å². The highest BCUT2D eigenvalue weighted by molar-refractivity contribution is 6.03. The molecule has 0 saturated heterocycles. The average molecular weight is 253 g/mol. The molecule has 2 aliphatic carbocycles. The SMILES string of the molecule is COC(=O)c1cc(-c2ccon2)c2cccccc1-2. The van der Waals surface area contributed by atoms with E-state index in [1.54, 1.807) is 12.1 Å². The van der Waals surface area contributed by atoms with Gasteiger partial charge in [0, 0.05) is 11.6 Å². The maximum Gasteiger partial charge on any atom is 0.338 e. The summed E-state index contributed by atoms with van der Waals surface area (Å²) in [6.45, 7) is 0. The molecule has 1 aromatic rings. The van der Waals surface area contributed by atoms with E-state index in [1.165, 1.54) is 13.4 Å². The molecule has 0 fully saturated rings. The van der Waals surface area contributed by atoms with Gasteiger partial charge in [-0.2, -0.15) is 0 Å². The second-order valence-electron chi connectivity index (χ2n) is 4.09. The highest BCUT2D eigenvalue weighted by Gasteiger charge is 2.22. The van der Waals surface area contributed by atoms with Crippen LogP contribution in [-0.2, 0) is 4.74 Å². The van der Waals surface area contributed by atoms with Crippen LogP contribution in [0.5, 0.6) is 0 Å². The third-order valence-electron chi connectivity index (χ3n) is 3.03. The van der Waals surface area contributed by atoms with Crippen LogP contribution in [0.25, 0.3) is 22.4 Å². The quantitative estimate of drug-likeness (QED) is 0.658. The Balaban J connectivity index is 2.28. The fourth-order valence-electron chi connectivity index (χ4n) is 2.16. The zero-order valence-corrected chi connectivity index (χ0v) is 10.3. The molecule has 1 heterocycles. The molecule has 0 saturated carbocycles. The zero-order valence-electron chi connectivity index (χ0n) is 10.3. The Morgan fingerprint density at radius 2 is 1.89 bits per heavy atom. The van der Waals surface area contributed by atoms with E-state index in [2.05, 4.69) is 5.16 Å². The van der Waals surface area contributed by atoms with Crippen molar-refractivity contribution in [2.24, 2.45) is 0 Å². The molecule has 0 spiro atoms. The highest BCUT2D eigenvalue weighted by atomic mass is 16.5. The molecule has 4 nitrogen and oxygen atoms in total. The van der Waals surface area contributed by atoms with Crippen molar-refractivity contribution in [3.05, 3.63) is 54.3 Å². The normalized spacial score (nSPS) is 10.6. The van der Waals surface area contributed by atoms with Gasteiger partial charge in [0.2, 0.25) is 0 Å². The number of rotatable bonds is 2. The maximum atomic E-state index is 11.8. The summed E-state index contributed by atoms with van der Waals surface area (Å²) in [4.78, 5) is 11.8. The molecule has 0 aromatic carbocycles. The molecule has 1 aromatic heterocycles. The number of hydrogen-bond donors (Lipinski definition) is 0. The van der Waals surface area contributed by atoms with E-state index < -0.39 is 0 Å². The number of hydrogen-bond acceptors (Lipinski definition) is 4. The van der Waals surface area contributed by atoms with Gasteiger partial charge < -0.3 is 9.26 Å². The molecule has 94 valence electrons. The molecule has 0 unspecified atom stereocenters. The van der Waals surface area contributed by atoms with Crippen LogP contribution in [-0.4, -0.2) is 18.2 Å². The number of carbonyl (C=O) groups excluding carboxylic acids is 1. The van der Waals surface area contributed by atoms with E-state index in [0.29, 0.717) is 11.3 Å². The van der Waals surface area contributed by atoms with Crippen molar-refractivity contribution in [1.29, 1.82) is 0 Å². The summed E-state index contributed by atoms with van der Waals surface area (Å²) < 4.78 is 9.69. The van der Waals surface area contributed by atoms with Gasteiger partial charge in [0.15, 0.2) is 0 Å². The Labute approximate surface area is 109 Å². The van der Waals surface area contributed by atoms with Gasteiger partial charge in [-0.3, -0.25) is 0 Å². The third-order valence-corrected chi connectivity index (χ3v) is 3.03. The van der Waals surface area contributed by atoms with Crippen LogP contribution in [0.4, 0.5) is 0 Å². The van der Waals surface area contributed by atoms with Crippen molar-refractivity contribution >= 4 is 5.97 Å². The first-order chi connectivity index (χ1) is 9.31. The second-order valence-corrected chi connectivity index (χ2v) is 4.09. The molecule has 0 atom stereocenters. The number of carbonyl (C=O) groups is 1. The van der Waals surface area contributed by atoms with Crippen molar-refractivity contribution in [2.45, 2.75) is 0 Å². The summed E-state index contributed by atoms with van der Waals surface area (Å²) in [6, 6.07) is 13.1. The monoisotopic (exact) mass is 253 g/mol. The van der Waals surface area contributed by atoms with Gasteiger partial charge in [0.1, 0.15) is 12.0 Å². The maximum absolute atomic E-state index is 11.8. The first kappa shape index (κ1) is 11.5. The third kappa shape index (κ3) is 1.87. The van der Waals surface area contributed by atoms with Gasteiger partial charge >= 0.3 is 5.97 Å². The first-order valence-corrected chi connectivity index (χ1v) is 5.82. The van der Waals surface area contributed by atoms with Crippen molar-refractivity contribution in [2.75, 3.05) is 7.11 Å². The van der Waals surface area contributed by atoms with E-state index in [-0.39, 0.29) is 5.97 Å². The van der Waals surface area contributed by atoms with E-state index in [1.807, 2.05) is 30.3 Å². The second kappa shape index (κ2) is 4.57. The Kier molecular flexibility index (Phi) is 2.76. The summed E-state index contributed by atoms with van der Waals surface area (Å²) in [5.74, 6) is -0.356. The highest BCUT2D eigenvalue weighted by Crippen LogP contribution is 2.37. The Morgan fingerprint density at radius 1 is 1.11 bits per heavy atom. The molecule has 0 aliphatic heterocycles. The lowest BCUT2D eigenvalue weighted by Gasteiger charge is -1.99. The summed E-state index contributed by atoms with van der Waals surface area (Å²) in [5, 5.41) is 3.93. The fourth-order valence-corrected chi connectivity index (χ4v) is 2.16. The van der Waals surface area contributed by atoms with Crippen molar-refractivity contribution in [1.82, 2.24) is 5.16 Å². The van der Waals surface area contributed by atoms with Crippen LogP contribution in [0.2, 0.25) is 0 Å². The summed E-state index contributed by atoms with van der Waals surface area (Å²) in [7, 11) is 1.37. The number of fused-ring (bicyclic) bond motifs is 1. The van der Waals surface area contributed by atoms with E-state index >= 15 is 0 Å². The molecule has 4 heteroatoms. The molecule has 0 N–H and O–H groups in total. The Bertz CT molecular complexity index is 689. The number of ether oxygens (including phenoxy) is 1. The van der Waals surface area contributed by atoms with Crippen LogP contribution < -0.4 is 0 Å². The standard InChI is InChI=1S/C15H11NO3/c1-18-15(17)13-9-12(14-7-8-19-16-14)10-5-3-2-4-6-11(10)13/h2-9H,1H3. The molecule has 3 rings (SSSR count). The predicted octanol–water partition coefficient (Wildman–Crippen LogP) is 3.23. The van der Waals surface area contributed by atoms with Crippen LogP contribution in [0.3, 0.4) is 0 Å². The minimum absolute atomic E-state index is 0.356. The molecular weight excluding hydrogens is 242 g/mol. The van der Waals surface area contributed by atoms with Gasteiger partial charge in [-0.05, 0) is 17.2 Å². The minimum atomic E-state index is -0.356.